The van der Waals surface area contributed by atoms with Crippen LogP contribution in [0.25, 0.3) is 0 Å². The lowest BCUT2D eigenvalue weighted by molar-refractivity contribution is 1.42. The Morgan fingerprint density at radius 3 is 1.50 bits per heavy atom. The number of hydrogen-bond donors (Lipinski definition) is 0. The van der Waals surface area contributed by atoms with Gasteiger partial charge in [0.1, 0.15) is 0 Å². The van der Waals surface area contributed by atoms with Crippen molar-refractivity contribution in [1.29, 1.82) is 0 Å². The average Bonchev–Trinajstić information content (AvgIpc) is 2.59. The van der Waals surface area contributed by atoms with Crippen molar-refractivity contribution in [3.63, 3.8) is 0 Å². The summed E-state index contributed by atoms with van der Waals surface area (Å²) in [6.07, 6.45) is 9.38. The summed E-state index contributed by atoms with van der Waals surface area (Å²) in [7, 11) is 0. The molecule has 2 heterocycles. The minimum absolute atomic E-state index is 1.16. The fraction of sp³-hybridized carbons (Fsp3) is 0.600. The van der Waals surface area contributed by atoms with Gasteiger partial charge >= 0.3 is 0 Å². The highest BCUT2D eigenvalue weighted by Crippen LogP contribution is 2.85. The molecule has 0 saturated heterocycles. The van der Waals surface area contributed by atoms with Gasteiger partial charge in [-0.05, 0) is 37.6 Å². The Balaban J connectivity index is 2.26. The molecule has 2 aliphatic heterocycles. The lowest BCUT2D eigenvalue weighted by atomic mass is 10.3. The Hall–Kier alpha value is 0.780. The minimum Gasteiger partial charge on any atom is -0.0912 e. The molecule has 0 aliphatic carbocycles. The first kappa shape index (κ1) is 11.3. The normalized spacial score (nSPS) is 42.4. The highest BCUT2D eigenvalue weighted by atomic mass is 32.8. The Morgan fingerprint density at radius 1 is 0.929 bits per heavy atom. The predicted molar refractivity (Wildman–Crippen MR) is 75.6 cm³/mol. The van der Waals surface area contributed by atoms with E-state index in [-0.39, 0.29) is 0 Å². The molecule has 0 saturated carbocycles. The molecule has 0 radical (unpaired) electrons. The van der Waals surface area contributed by atoms with Crippen LogP contribution < -0.4 is 0 Å². The summed E-state index contributed by atoms with van der Waals surface area (Å²) in [4.78, 5) is 0. The van der Waals surface area contributed by atoms with E-state index in [9.17, 15) is 0 Å². The molecule has 0 aromatic heterocycles. The largest absolute Gasteiger partial charge is 0.0912 e. The van der Waals surface area contributed by atoms with Crippen molar-refractivity contribution in [3.05, 3.63) is 23.3 Å². The maximum atomic E-state index is 5.94. The lowest BCUT2D eigenvalue weighted by Gasteiger charge is -2.28. The quantitative estimate of drug-likeness (QED) is 0.521. The van der Waals surface area contributed by atoms with Gasteiger partial charge in [-0.25, -0.2) is 0 Å². The lowest BCUT2D eigenvalue weighted by Crippen LogP contribution is -1.92. The third-order valence-corrected chi connectivity index (χ3v) is 22.0. The molecule has 2 atom stereocenters. The van der Waals surface area contributed by atoms with Crippen molar-refractivity contribution in [3.8, 4) is 0 Å². The van der Waals surface area contributed by atoms with Crippen molar-refractivity contribution in [2.45, 2.75) is 13.8 Å². The van der Waals surface area contributed by atoms with Gasteiger partial charge in [0.2, 0.25) is 0 Å². The second kappa shape index (κ2) is 3.67. The summed E-state index contributed by atoms with van der Waals surface area (Å²) in [6.45, 7) is 4.43. The Morgan fingerprint density at radius 2 is 1.29 bits per heavy atom. The van der Waals surface area contributed by atoms with Gasteiger partial charge in [0.05, 0.1) is 0 Å². The van der Waals surface area contributed by atoms with E-state index >= 15 is 0 Å². The molecule has 0 aromatic rings. The highest BCUT2D eigenvalue weighted by molar-refractivity contribution is 8.66. The van der Waals surface area contributed by atoms with E-state index in [0.717, 1.165) is 12.3 Å². The number of hydrogen-bond acceptors (Lipinski definition) is 2. The van der Waals surface area contributed by atoms with Gasteiger partial charge in [-0.2, -0.15) is 0 Å². The Bertz CT molecular complexity index is 378. The van der Waals surface area contributed by atoms with Crippen molar-refractivity contribution >= 4 is 35.1 Å². The summed E-state index contributed by atoms with van der Waals surface area (Å²) in [5.41, 5.74) is 0.587. The summed E-state index contributed by atoms with van der Waals surface area (Å²) in [6, 6.07) is 0. The van der Waals surface area contributed by atoms with Crippen LogP contribution in [0.15, 0.2) is 23.3 Å². The van der Waals surface area contributed by atoms with E-state index in [2.05, 4.69) is 26.0 Å². The van der Waals surface area contributed by atoms with Gasteiger partial charge in [0, 0.05) is 12.3 Å². The molecule has 2 aliphatic rings. The third-order valence-electron chi connectivity index (χ3n) is 3.11. The molecule has 0 bridgehead atoms. The molecule has 0 N–H and O–H groups in total. The Kier molecular flexibility index (Phi) is 2.95. The van der Waals surface area contributed by atoms with E-state index in [1.54, 1.807) is 0 Å². The number of rotatable bonds is 1. The van der Waals surface area contributed by atoms with E-state index in [1.165, 1.54) is 23.5 Å². The van der Waals surface area contributed by atoms with Crippen molar-refractivity contribution in [2.75, 3.05) is 24.6 Å². The van der Waals surface area contributed by atoms with Crippen LogP contribution in [0.1, 0.15) is 13.8 Å². The van der Waals surface area contributed by atoms with Crippen molar-refractivity contribution in [1.82, 2.24) is 0 Å². The van der Waals surface area contributed by atoms with Gasteiger partial charge in [0.15, 0.2) is 0 Å². The van der Waals surface area contributed by atoms with Gasteiger partial charge in [-0.1, -0.05) is 46.9 Å². The first-order chi connectivity index (χ1) is 6.45. The zero-order valence-electron chi connectivity index (χ0n) is 8.69. The van der Waals surface area contributed by atoms with Gasteiger partial charge in [-0.15, -0.1) is 0 Å². The van der Waals surface area contributed by atoms with E-state index in [1.807, 2.05) is 0 Å². The monoisotopic (exact) mass is 262 g/mol. The summed E-state index contributed by atoms with van der Waals surface area (Å²) >= 11 is 11.9. The van der Waals surface area contributed by atoms with Crippen molar-refractivity contribution in [2.24, 2.45) is 0 Å². The van der Waals surface area contributed by atoms with Gasteiger partial charge < -0.3 is 0 Å². The molecular weight excluding hydrogens is 246 g/mol. The zero-order valence-corrected chi connectivity index (χ0v) is 12.1. The fourth-order valence-electron chi connectivity index (χ4n) is 2.19. The van der Waals surface area contributed by atoms with E-state index < -0.39 is 11.5 Å². The van der Waals surface area contributed by atoms with Crippen LogP contribution >= 0.6 is 11.5 Å². The van der Waals surface area contributed by atoms with E-state index in [4.69, 9.17) is 23.6 Å². The van der Waals surface area contributed by atoms with Crippen molar-refractivity contribution < 1.29 is 0 Å². The second-order valence-corrected chi connectivity index (χ2v) is 19.6. The molecule has 4 heteroatoms. The zero-order chi connectivity index (χ0) is 10.4. The average molecular weight is 262 g/mol. The van der Waals surface area contributed by atoms with Gasteiger partial charge in [-0.3, -0.25) is 0 Å². The SMILES string of the molecule is CC1=CCP(=S)(P2(=S)CC=C(C)C2)C1. The van der Waals surface area contributed by atoms with Crippen LogP contribution in [0.4, 0.5) is 0 Å². The topological polar surface area (TPSA) is 0 Å². The predicted octanol–water partition coefficient (Wildman–Crippen LogP) is 3.78. The van der Waals surface area contributed by atoms with Crippen LogP contribution in [0.3, 0.4) is 0 Å². The molecule has 0 spiro atoms. The molecule has 0 aromatic carbocycles. The summed E-state index contributed by atoms with van der Waals surface area (Å²) < 4.78 is 0. The van der Waals surface area contributed by atoms with Crippen LogP contribution in [-0.4, -0.2) is 24.6 Å². The standard InChI is InChI=1S/C10H16P2S2/c1-9-3-5-11(13,7-9)12(14)6-4-10(2)8-12/h3-4H,5-8H2,1-2H3. The first-order valence-electron chi connectivity index (χ1n) is 4.93. The minimum atomic E-state index is -1.21. The van der Waals surface area contributed by atoms with Gasteiger partial charge in [0.25, 0.3) is 0 Å². The first-order valence-corrected chi connectivity index (χ1v) is 12.0. The Labute approximate surface area is 96.8 Å². The molecule has 14 heavy (non-hydrogen) atoms. The van der Waals surface area contributed by atoms with E-state index in [0.29, 0.717) is 0 Å². The molecule has 2 rings (SSSR count). The summed E-state index contributed by atoms with van der Waals surface area (Å²) in [5.74, 6) is 0. The highest BCUT2D eigenvalue weighted by Gasteiger charge is 2.38. The molecular formula is C10H16P2S2. The maximum absolute atomic E-state index is 5.94. The summed E-state index contributed by atoms with van der Waals surface area (Å²) in [5, 5.41) is 0. The molecule has 0 nitrogen and oxygen atoms in total. The van der Waals surface area contributed by atoms with Crippen LogP contribution in [0.2, 0.25) is 0 Å². The third kappa shape index (κ3) is 1.76. The number of allylic oxidation sites excluding steroid dienone is 4. The molecule has 0 fully saturated rings. The molecule has 78 valence electrons. The van der Waals surface area contributed by atoms with Crippen LogP contribution in [-0.2, 0) is 23.6 Å². The van der Waals surface area contributed by atoms with Crippen LogP contribution in [0, 0.1) is 0 Å². The molecule has 0 amide bonds. The maximum Gasteiger partial charge on any atom is 0.00195 e. The molecule has 2 unspecified atom stereocenters. The smallest absolute Gasteiger partial charge is 0.00195 e. The van der Waals surface area contributed by atoms with Crippen LogP contribution in [0.5, 0.6) is 0 Å². The second-order valence-electron chi connectivity index (χ2n) is 4.47. The fourth-order valence-corrected chi connectivity index (χ4v) is 15.6.